The minimum atomic E-state index is 0.514. The summed E-state index contributed by atoms with van der Waals surface area (Å²) in [5.74, 6) is 0.514. The van der Waals surface area contributed by atoms with Gasteiger partial charge in [0, 0.05) is 11.8 Å². The monoisotopic (exact) mass is 339 g/mol. The van der Waals surface area contributed by atoms with Gasteiger partial charge >= 0.3 is 0 Å². The zero-order chi connectivity index (χ0) is 17.9. The van der Waals surface area contributed by atoms with Crippen LogP contribution < -0.4 is 0 Å². The summed E-state index contributed by atoms with van der Waals surface area (Å²) in [6, 6.07) is 19.5. The molecule has 2 aromatic heterocycles. The Morgan fingerprint density at radius 2 is 1.92 bits per heavy atom. The van der Waals surface area contributed by atoms with Crippen LogP contribution in [0.3, 0.4) is 0 Å². The molecule has 0 spiro atoms. The summed E-state index contributed by atoms with van der Waals surface area (Å²) in [6.07, 6.45) is 4.84. The summed E-state index contributed by atoms with van der Waals surface area (Å²) in [4.78, 5) is 8.65. The van der Waals surface area contributed by atoms with Crippen molar-refractivity contribution in [1.29, 1.82) is 5.26 Å². The Kier molecular flexibility index (Phi) is 3.88. The van der Waals surface area contributed by atoms with Crippen molar-refractivity contribution in [3.8, 4) is 28.5 Å². The summed E-state index contributed by atoms with van der Waals surface area (Å²) >= 11 is 0. The highest BCUT2D eigenvalue weighted by atomic mass is 16.4. The summed E-state index contributed by atoms with van der Waals surface area (Å²) in [5, 5.41) is 21.0. The first-order chi connectivity index (χ1) is 12.8. The lowest BCUT2D eigenvalue weighted by Gasteiger charge is -2.07. The summed E-state index contributed by atoms with van der Waals surface area (Å²) in [6.45, 7) is 0. The SMILES string of the molecule is N#Cc1ccccc1-c1cccc(-c2cnc3nc(/C=N\O)ccn23)c1. The number of nitrogens with zero attached hydrogens (tertiary/aromatic N) is 5. The second kappa shape index (κ2) is 6.49. The van der Waals surface area contributed by atoms with E-state index in [1.807, 2.05) is 59.1 Å². The number of oxime groups is 1. The highest BCUT2D eigenvalue weighted by Gasteiger charge is 2.10. The molecule has 6 heteroatoms. The molecule has 0 fully saturated rings. The number of benzene rings is 2. The van der Waals surface area contributed by atoms with Crippen molar-refractivity contribution >= 4 is 12.0 Å². The zero-order valence-corrected chi connectivity index (χ0v) is 13.6. The summed E-state index contributed by atoms with van der Waals surface area (Å²) in [7, 11) is 0. The third kappa shape index (κ3) is 2.68. The highest BCUT2D eigenvalue weighted by Crippen LogP contribution is 2.28. The molecule has 26 heavy (non-hydrogen) atoms. The predicted molar refractivity (Wildman–Crippen MR) is 98.0 cm³/mol. The molecular formula is C20H13N5O. The second-order valence-corrected chi connectivity index (χ2v) is 5.65. The van der Waals surface area contributed by atoms with Crippen molar-refractivity contribution in [2.24, 2.45) is 5.16 Å². The van der Waals surface area contributed by atoms with Gasteiger partial charge in [0.2, 0.25) is 5.78 Å². The first-order valence-corrected chi connectivity index (χ1v) is 7.91. The Hall–Kier alpha value is -3.98. The molecule has 2 heterocycles. The third-order valence-electron chi connectivity index (χ3n) is 4.11. The molecule has 6 nitrogen and oxygen atoms in total. The van der Waals surface area contributed by atoms with Gasteiger partial charge in [-0.25, -0.2) is 9.97 Å². The number of hydrogen-bond donors (Lipinski definition) is 1. The van der Waals surface area contributed by atoms with Crippen molar-refractivity contribution in [1.82, 2.24) is 14.4 Å². The fourth-order valence-electron chi connectivity index (χ4n) is 2.91. The Balaban J connectivity index is 1.82. The largest absolute Gasteiger partial charge is 0.411 e. The van der Waals surface area contributed by atoms with Crippen molar-refractivity contribution in [2.75, 3.05) is 0 Å². The van der Waals surface area contributed by atoms with Gasteiger partial charge in [-0.1, -0.05) is 41.6 Å². The van der Waals surface area contributed by atoms with Crippen LogP contribution in [-0.2, 0) is 0 Å². The van der Waals surface area contributed by atoms with Gasteiger partial charge in [0.1, 0.15) is 0 Å². The molecule has 2 aromatic carbocycles. The van der Waals surface area contributed by atoms with E-state index in [4.69, 9.17) is 5.21 Å². The van der Waals surface area contributed by atoms with Gasteiger partial charge < -0.3 is 5.21 Å². The van der Waals surface area contributed by atoms with Crippen LogP contribution in [0.15, 0.2) is 72.1 Å². The molecule has 0 aliphatic carbocycles. The van der Waals surface area contributed by atoms with E-state index >= 15 is 0 Å². The van der Waals surface area contributed by atoms with Crippen LogP contribution >= 0.6 is 0 Å². The van der Waals surface area contributed by atoms with E-state index in [2.05, 4.69) is 21.2 Å². The maximum absolute atomic E-state index is 9.34. The quantitative estimate of drug-likeness (QED) is 0.350. The summed E-state index contributed by atoms with van der Waals surface area (Å²) in [5.41, 5.74) is 4.87. The smallest absolute Gasteiger partial charge is 0.234 e. The number of imidazole rings is 1. The second-order valence-electron chi connectivity index (χ2n) is 5.65. The van der Waals surface area contributed by atoms with E-state index in [1.54, 1.807) is 12.3 Å². The van der Waals surface area contributed by atoms with Crippen molar-refractivity contribution in [3.05, 3.63) is 78.2 Å². The van der Waals surface area contributed by atoms with E-state index in [0.29, 0.717) is 17.0 Å². The van der Waals surface area contributed by atoms with Crippen LogP contribution in [0.25, 0.3) is 28.2 Å². The Morgan fingerprint density at radius 3 is 2.77 bits per heavy atom. The predicted octanol–water partition coefficient (Wildman–Crippen LogP) is 3.74. The Labute approximate surface area is 149 Å². The van der Waals surface area contributed by atoms with Crippen molar-refractivity contribution < 1.29 is 5.21 Å². The van der Waals surface area contributed by atoms with Gasteiger partial charge in [-0.2, -0.15) is 5.26 Å². The van der Waals surface area contributed by atoms with E-state index in [1.165, 1.54) is 6.21 Å². The van der Waals surface area contributed by atoms with Crippen LogP contribution in [0.5, 0.6) is 0 Å². The van der Waals surface area contributed by atoms with Gasteiger partial charge in [0.15, 0.2) is 0 Å². The number of aromatic nitrogens is 3. The first-order valence-electron chi connectivity index (χ1n) is 7.91. The molecule has 4 rings (SSSR count). The lowest BCUT2D eigenvalue weighted by atomic mass is 9.98. The Morgan fingerprint density at radius 1 is 1.08 bits per heavy atom. The molecule has 124 valence electrons. The molecule has 0 amide bonds. The molecule has 0 saturated carbocycles. The van der Waals surface area contributed by atoms with Crippen molar-refractivity contribution in [2.45, 2.75) is 0 Å². The maximum atomic E-state index is 9.34. The maximum Gasteiger partial charge on any atom is 0.234 e. The molecule has 0 aliphatic heterocycles. The summed E-state index contributed by atoms with van der Waals surface area (Å²) < 4.78 is 1.87. The molecular weight excluding hydrogens is 326 g/mol. The fraction of sp³-hybridized carbons (Fsp3) is 0. The van der Waals surface area contributed by atoms with Gasteiger partial charge in [0.25, 0.3) is 0 Å². The third-order valence-corrected chi connectivity index (χ3v) is 4.11. The van der Waals surface area contributed by atoms with Crippen LogP contribution in [-0.4, -0.2) is 25.8 Å². The standard InChI is InChI=1S/C20H13N5O/c21-11-16-4-1-2-7-18(16)14-5-3-6-15(10-14)19-13-22-20-24-17(12-23-26)8-9-25(19)20/h1-10,12-13,26H/b23-12-. The first kappa shape index (κ1) is 15.5. The molecule has 0 saturated heterocycles. The average Bonchev–Trinajstić information content (AvgIpc) is 3.11. The van der Waals surface area contributed by atoms with Crippen LogP contribution in [0.1, 0.15) is 11.3 Å². The number of hydrogen-bond acceptors (Lipinski definition) is 5. The van der Waals surface area contributed by atoms with Crippen LogP contribution in [0.4, 0.5) is 0 Å². The van der Waals surface area contributed by atoms with Gasteiger partial charge in [-0.3, -0.25) is 4.40 Å². The fourth-order valence-corrected chi connectivity index (χ4v) is 2.91. The normalized spacial score (nSPS) is 11.0. The minimum Gasteiger partial charge on any atom is -0.411 e. The van der Waals surface area contributed by atoms with Gasteiger partial charge in [0.05, 0.1) is 35.4 Å². The number of fused-ring (bicyclic) bond motifs is 1. The molecule has 0 aliphatic rings. The average molecular weight is 339 g/mol. The lowest BCUT2D eigenvalue weighted by Crippen LogP contribution is -1.95. The van der Waals surface area contributed by atoms with E-state index in [9.17, 15) is 5.26 Å². The topological polar surface area (TPSA) is 86.6 Å². The minimum absolute atomic E-state index is 0.514. The Bertz CT molecular complexity index is 1170. The van der Waals surface area contributed by atoms with Crippen LogP contribution in [0, 0.1) is 11.3 Å². The molecule has 0 atom stereocenters. The van der Waals surface area contributed by atoms with Crippen LogP contribution in [0.2, 0.25) is 0 Å². The lowest BCUT2D eigenvalue weighted by molar-refractivity contribution is 0.321. The molecule has 0 bridgehead atoms. The van der Waals surface area contributed by atoms with Gasteiger partial charge in [-0.15, -0.1) is 0 Å². The molecule has 0 radical (unpaired) electrons. The number of rotatable bonds is 3. The highest BCUT2D eigenvalue weighted by molar-refractivity contribution is 5.78. The van der Waals surface area contributed by atoms with E-state index in [0.717, 1.165) is 22.4 Å². The molecule has 0 unspecified atom stereocenters. The number of nitriles is 1. The van der Waals surface area contributed by atoms with E-state index < -0.39 is 0 Å². The zero-order valence-electron chi connectivity index (χ0n) is 13.6. The van der Waals surface area contributed by atoms with Gasteiger partial charge in [-0.05, 0) is 29.3 Å². The molecule has 4 aromatic rings. The van der Waals surface area contributed by atoms with E-state index in [-0.39, 0.29) is 0 Å². The van der Waals surface area contributed by atoms with Crippen molar-refractivity contribution in [3.63, 3.8) is 0 Å². The molecule has 1 N–H and O–H groups in total.